The highest BCUT2D eigenvalue weighted by molar-refractivity contribution is 5.74. The van der Waals surface area contributed by atoms with Gasteiger partial charge in [-0.3, -0.25) is 9.69 Å². The molecule has 120 valence electrons. The van der Waals surface area contributed by atoms with E-state index in [0.717, 1.165) is 45.6 Å². The summed E-state index contributed by atoms with van der Waals surface area (Å²) in [4.78, 5) is 26.8. The summed E-state index contributed by atoms with van der Waals surface area (Å²) in [6, 6.07) is 0.437. The minimum Gasteiger partial charge on any atom is -0.481 e. The van der Waals surface area contributed by atoms with Crippen molar-refractivity contribution < 1.29 is 14.7 Å². The molecular weight excluding hydrogens is 270 g/mol. The third kappa shape index (κ3) is 5.53. The minimum absolute atomic E-state index is 0.0760. The number of amides is 2. The second-order valence-electron chi connectivity index (χ2n) is 6.11. The maximum absolute atomic E-state index is 12.2. The second-order valence-corrected chi connectivity index (χ2v) is 6.11. The second kappa shape index (κ2) is 8.22. The molecular formula is C15H27N3O3. The van der Waals surface area contributed by atoms with E-state index in [1.807, 2.05) is 4.90 Å². The molecule has 1 heterocycles. The van der Waals surface area contributed by atoms with Gasteiger partial charge in [-0.1, -0.05) is 19.3 Å². The Morgan fingerprint density at radius 3 is 2.33 bits per heavy atom. The van der Waals surface area contributed by atoms with Gasteiger partial charge in [0.1, 0.15) is 0 Å². The van der Waals surface area contributed by atoms with Crippen LogP contribution in [0, 0.1) is 0 Å². The fourth-order valence-electron chi connectivity index (χ4n) is 3.14. The van der Waals surface area contributed by atoms with E-state index in [4.69, 9.17) is 5.11 Å². The van der Waals surface area contributed by atoms with Crippen LogP contribution in [0.1, 0.15) is 44.9 Å². The van der Waals surface area contributed by atoms with Gasteiger partial charge in [-0.2, -0.15) is 0 Å². The highest BCUT2D eigenvalue weighted by Crippen LogP contribution is 2.17. The van der Waals surface area contributed by atoms with Crippen LogP contribution in [-0.4, -0.2) is 65.7 Å². The molecule has 21 heavy (non-hydrogen) atoms. The molecule has 6 heteroatoms. The van der Waals surface area contributed by atoms with E-state index in [-0.39, 0.29) is 12.5 Å². The first kappa shape index (κ1) is 16.1. The Bertz CT molecular complexity index is 348. The maximum Gasteiger partial charge on any atom is 0.317 e. The Morgan fingerprint density at radius 2 is 1.71 bits per heavy atom. The van der Waals surface area contributed by atoms with Crippen molar-refractivity contribution in [2.45, 2.75) is 51.0 Å². The van der Waals surface area contributed by atoms with E-state index in [2.05, 4.69) is 10.2 Å². The number of carbonyl (C=O) groups excluding carboxylic acids is 1. The van der Waals surface area contributed by atoms with Gasteiger partial charge in [-0.15, -0.1) is 0 Å². The van der Waals surface area contributed by atoms with Crippen molar-refractivity contribution in [3.63, 3.8) is 0 Å². The highest BCUT2D eigenvalue weighted by atomic mass is 16.4. The summed E-state index contributed by atoms with van der Waals surface area (Å²) in [7, 11) is 0. The van der Waals surface area contributed by atoms with E-state index in [0.29, 0.717) is 12.5 Å². The zero-order valence-corrected chi connectivity index (χ0v) is 12.7. The highest BCUT2D eigenvalue weighted by Gasteiger charge is 2.23. The number of nitrogens with zero attached hydrogens (tertiary/aromatic N) is 2. The molecule has 0 unspecified atom stereocenters. The molecule has 0 spiro atoms. The molecule has 2 aliphatic rings. The molecule has 0 aromatic carbocycles. The van der Waals surface area contributed by atoms with E-state index < -0.39 is 5.97 Å². The van der Waals surface area contributed by atoms with Crippen molar-refractivity contribution in [2.75, 3.05) is 32.7 Å². The third-order valence-electron chi connectivity index (χ3n) is 4.46. The summed E-state index contributed by atoms with van der Waals surface area (Å²) >= 11 is 0. The molecule has 0 aromatic heterocycles. The van der Waals surface area contributed by atoms with Crippen LogP contribution in [0.5, 0.6) is 0 Å². The fourth-order valence-corrected chi connectivity index (χ4v) is 3.14. The number of carboxylic acid groups (broad SMARTS) is 1. The lowest BCUT2D eigenvalue weighted by atomic mass is 9.96. The van der Waals surface area contributed by atoms with E-state index in [1.165, 1.54) is 19.3 Å². The number of urea groups is 1. The normalized spacial score (nSPS) is 21.2. The summed E-state index contributed by atoms with van der Waals surface area (Å²) in [6.07, 6.45) is 6.87. The molecule has 1 saturated carbocycles. The maximum atomic E-state index is 12.2. The van der Waals surface area contributed by atoms with Gasteiger partial charge in [0.15, 0.2) is 0 Å². The van der Waals surface area contributed by atoms with E-state index in [9.17, 15) is 9.59 Å². The molecule has 2 fully saturated rings. The van der Waals surface area contributed by atoms with Crippen molar-refractivity contribution in [1.29, 1.82) is 0 Å². The topological polar surface area (TPSA) is 72.9 Å². The minimum atomic E-state index is -0.736. The molecule has 0 radical (unpaired) electrons. The van der Waals surface area contributed by atoms with Crippen molar-refractivity contribution in [3.05, 3.63) is 0 Å². The zero-order chi connectivity index (χ0) is 15.1. The van der Waals surface area contributed by atoms with Crippen LogP contribution in [-0.2, 0) is 4.79 Å². The lowest BCUT2D eigenvalue weighted by Gasteiger charge is -2.36. The van der Waals surface area contributed by atoms with Crippen LogP contribution in [0.2, 0.25) is 0 Å². The summed E-state index contributed by atoms with van der Waals surface area (Å²) in [5.41, 5.74) is 0. The molecule has 6 nitrogen and oxygen atoms in total. The standard InChI is InChI=1S/C15H27N3O3/c19-14(20)7-4-8-17-9-11-18(12-10-17)15(21)16-13-5-2-1-3-6-13/h13H,1-12H2,(H,16,21)(H,19,20). The number of carboxylic acids is 1. The van der Waals surface area contributed by atoms with Gasteiger partial charge in [-0.25, -0.2) is 4.79 Å². The summed E-state index contributed by atoms with van der Waals surface area (Å²) in [5, 5.41) is 11.8. The Kier molecular flexibility index (Phi) is 6.29. The Hall–Kier alpha value is -1.30. The van der Waals surface area contributed by atoms with Crippen LogP contribution in [0.25, 0.3) is 0 Å². The van der Waals surface area contributed by atoms with Crippen LogP contribution >= 0.6 is 0 Å². The van der Waals surface area contributed by atoms with Gasteiger partial charge in [-0.05, 0) is 25.8 Å². The lowest BCUT2D eigenvalue weighted by molar-refractivity contribution is -0.137. The van der Waals surface area contributed by atoms with Gasteiger partial charge in [0.05, 0.1) is 0 Å². The fraction of sp³-hybridized carbons (Fsp3) is 0.867. The molecule has 2 rings (SSSR count). The summed E-state index contributed by atoms with van der Waals surface area (Å²) in [5.74, 6) is -0.736. The van der Waals surface area contributed by atoms with Crippen molar-refractivity contribution >= 4 is 12.0 Å². The monoisotopic (exact) mass is 297 g/mol. The van der Waals surface area contributed by atoms with Gasteiger partial charge in [0.2, 0.25) is 0 Å². The number of hydrogen-bond acceptors (Lipinski definition) is 3. The molecule has 1 aliphatic carbocycles. The summed E-state index contributed by atoms with van der Waals surface area (Å²) < 4.78 is 0. The number of aliphatic carboxylic acids is 1. The van der Waals surface area contributed by atoms with Gasteiger partial charge in [0, 0.05) is 38.6 Å². The van der Waals surface area contributed by atoms with Gasteiger partial charge < -0.3 is 15.3 Å². The Morgan fingerprint density at radius 1 is 1.05 bits per heavy atom. The summed E-state index contributed by atoms with van der Waals surface area (Å²) in [6.45, 7) is 3.98. The number of piperazine rings is 1. The SMILES string of the molecule is O=C(O)CCCN1CCN(C(=O)NC2CCCCC2)CC1. The number of hydrogen-bond donors (Lipinski definition) is 2. The van der Waals surface area contributed by atoms with Gasteiger partial charge >= 0.3 is 12.0 Å². The number of rotatable bonds is 5. The Balaban J connectivity index is 1.63. The molecule has 2 N–H and O–H groups in total. The molecule has 1 aliphatic heterocycles. The zero-order valence-electron chi connectivity index (χ0n) is 12.7. The predicted molar refractivity (Wildman–Crippen MR) is 80.3 cm³/mol. The van der Waals surface area contributed by atoms with E-state index >= 15 is 0 Å². The predicted octanol–water partition coefficient (Wildman–Crippen LogP) is 1.51. The number of nitrogens with one attached hydrogen (secondary N) is 1. The molecule has 0 bridgehead atoms. The molecule has 2 amide bonds. The van der Waals surface area contributed by atoms with Crippen LogP contribution < -0.4 is 5.32 Å². The largest absolute Gasteiger partial charge is 0.481 e. The van der Waals surface area contributed by atoms with Crippen LogP contribution in [0.3, 0.4) is 0 Å². The number of carbonyl (C=O) groups is 2. The first-order valence-corrected chi connectivity index (χ1v) is 8.15. The molecule has 1 saturated heterocycles. The first-order valence-electron chi connectivity index (χ1n) is 8.15. The smallest absolute Gasteiger partial charge is 0.317 e. The first-order chi connectivity index (χ1) is 10.1. The molecule has 0 aromatic rings. The molecule has 0 atom stereocenters. The van der Waals surface area contributed by atoms with E-state index in [1.54, 1.807) is 0 Å². The van der Waals surface area contributed by atoms with Gasteiger partial charge in [0.25, 0.3) is 0 Å². The van der Waals surface area contributed by atoms with Crippen molar-refractivity contribution in [3.8, 4) is 0 Å². The third-order valence-corrected chi connectivity index (χ3v) is 4.46. The average Bonchev–Trinajstić information content (AvgIpc) is 2.48. The van der Waals surface area contributed by atoms with Crippen molar-refractivity contribution in [2.24, 2.45) is 0 Å². The Labute approximate surface area is 126 Å². The van der Waals surface area contributed by atoms with Crippen LogP contribution in [0.4, 0.5) is 4.79 Å². The average molecular weight is 297 g/mol. The van der Waals surface area contributed by atoms with Crippen LogP contribution in [0.15, 0.2) is 0 Å². The van der Waals surface area contributed by atoms with Crippen molar-refractivity contribution in [1.82, 2.24) is 15.1 Å². The quantitative estimate of drug-likeness (QED) is 0.807. The lowest BCUT2D eigenvalue weighted by Crippen LogP contribution is -2.53.